The molecule has 0 aromatic carbocycles. The molecule has 1 aliphatic heterocycles. The van der Waals surface area contributed by atoms with E-state index in [-0.39, 0.29) is 19.8 Å². The molecule has 11 nitrogen and oxygen atoms in total. The molecule has 0 radical (unpaired) electrons. The van der Waals surface area contributed by atoms with E-state index in [0.717, 1.165) is 38.5 Å². The highest BCUT2D eigenvalue weighted by molar-refractivity contribution is 5.60. The second kappa shape index (κ2) is 32.5. The van der Waals surface area contributed by atoms with E-state index in [1.165, 1.54) is 95.6 Å². The molecule has 0 unspecified atom stereocenters. The first kappa shape index (κ1) is 46.8. The monoisotopic (exact) mass is 729 g/mol. The molecule has 0 aromatic heterocycles. The zero-order chi connectivity index (χ0) is 37.4. The summed E-state index contributed by atoms with van der Waals surface area (Å²) in [6, 6.07) is 0. The molecule has 1 saturated heterocycles. The third-order valence-electron chi connectivity index (χ3n) is 9.11. The van der Waals surface area contributed by atoms with Gasteiger partial charge in [-0.15, -0.1) is 0 Å². The van der Waals surface area contributed by atoms with Gasteiger partial charge in [-0.2, -0.15) is 0 Å². The second-order valence-electron chi connectivity index (χ2n) is 13.5. The lowest BCUT2D eigenvalue weighted by atomic mass is 9.98. The van der Waals surface area contributed by atoms with Crippen molar-refractivity contribution in [3.8, 4) is 0 Å². The zero-order valence-corrected chi connectivity index (χ0v) is 32.0. The van der Waals surface area contributed by atoms with Crippen LogP contribution in [0, 0.1) is 0 Å². The second-order valence-corrected chi connectivity index (χ2v) is 13.5. The van der Waals surface area contributed by atoms with Crippen LogP contribution in [0.15, 0.2) is 25.3 Å². The van der Waals surface area contributed by atoms with Gasteiger partial charge in [0.25, 0.3) is 0 Å². The van der Waals surface area contributed by atoms with Gasteiger partial charge in [0.1, 0.15) is 37.6 Å². The topological polar surface area (TPSA) is 139 Å². The molecular formula is C40H72O11. The van der Waals surface area contributed by atoms with Gasteiger partial charge in [0.2, 0.25) is 0 Å². The Bertz CT molecular complexity index is 869. The van der Waals surface area contributed by atoms with Crippen molar-refractivity contribution < 1.29 is 53.0 Å². The fourth-order valence-corrected chi connectivity index (χ4v) is 6.21. The van der Waals surface area contributed by atoms with Crippen molar-refractivity contribution in [3.05, 3.63) is 25.3 Å². The highest BCUT2D eigenvalue weighted by atomic mass is 16.8. The minimum atomic E-state index is -1.46. The van der Waals surface area contributed by atoms with Crippen LogP contribution >= 0.6 is 0 Å². The molecule has 11 heteroatoms. The molecule has 1 heterocycles. The minimum Gasteiger partial charge on any atom is -0.431 e. The van der Waals surface area contributed by atoms with Crippen LogP contribution < -0.4 is 0 Å². The number of aliphatic hydroxyl groups excluding tert-OH is 2. The molecule has 0 spiro atoms. The normalized spacial score (nSPS) is 20.7. The van der Waals surface area contributed by atoms with Crippen LogP contribution in [0.1, 0.15) is 149 Å². The fraction of sp³-hybridized carbons (Fsp3) is 0.850. The summed E-state index contributed by atoms with van der Waals surface area (Å²) in [4.78, 5) is 24.8. The first-order chi connectivity index (χ1) is 24.9. The van der Waals surface area contributed by atoms with Gasteiger partial charge >= 0.3 is 12.3 Å². The highest BCUT2D eigenvalue weighted by Gasteiger charge is 2.49. The van der Waals surface area contributed by atoms with Crippen LogP contribution in [0.3, 0.4) is 0 Å². The van der Waals surface area contributed by atoms with Crippen LogP contribution in [0.2, 0.25) is 0 Å². The summed E-state index contributed by atoms with van der Waals surface area (Å²) >= 11 is 0. The molecule has 2 N–H and O–H groups in total. The van der Waals surface area contributed by atoms with Crippen molar-refractivity contribution in [1.82, 2.24) is 0 Å². The lowest BCUT2D eigenvalue weighted by molar-refractivity contribution is -0.305. The Morgan fingerprint density at radius 2 is 1.14 bits per heavy atom. The van der Waals surface area contributed by atoms with Crippen molar-refractivity contribution in [3.63, 3.8) is 0 Å². The highest BCUT2D eigenvalue weighted by Crippen LogP contribution is 2.28. The van der Waals surface area contributed by atoms with E-state index in [1.54, 1.807) is 0 Å². The summed E-state index contributed by atoms with van der Waals surface area (Å²) < 4.78 is 39.3. The van der Waals surface area contributed by atoms with Crippen LogP contribution in [0.4, 0.5) is 9.59 Å². The Labute approximate surface area is 308 Å². The fourth-order valence-electron chi connectivity index (χ4n) is 6.21. The molecule has 0 aromatic rings. The Morgan fingerprint density at radius 3 is 1.67 bits per heavy atom. The molecular weight excluding hydrogens is 656 g/mol. The lowest BCUT2D eigenvalue weighted by Gasteiger charge is -2.43. The van der Waals surface area contributed by atoms with Crippen molar-refractivity contribution >= 4 is 12.3 Å². The van der Waals surface area contributed by atoms with Crippen LogP contribution in [0.5, 0.6) is 0 Å². The molecule has 51 heavy (non-hydrogen) atoms. The Morgan fingerprint density at radius 1 is 0.647 bits per heavy atom. The number of ether oxygens (including phenoxy) is 7. The molecule has 0 amide bonds. The van der Waals surface area contributed by atoms with Crippen LogP contribution in [-0.4, -0.2) is 92.4 Å². The number of unbranched alkanes of at least 4 members (excludes halogenated alkanes) is 17. The maximum atomic E-state index is 12.5. The van der Waals surface area contributed by atoms with Gasteiger partial charge in [0.15, 0.2) is 12.4 Å². The Balaban J connectivity index is 2.82. The maximum Gasteiger partial charge on any atom is 0.509 e. The van der Waals surface area contributed by atoms with Gasteiger partial charge in [-0.3, -0.25) is 0 Å². The summed E-state index contributed by atoms with van der Waals surface area (Å²) in [5.41, 5.74) is 0. The number of aliphatic hydroxyl groups is 2. The van der Waals surface area contributed by atoms with Gasteiger partial charge in [0, 0.05) is 13.0 Å². The molecule has 1 fully saturated rings. The average Bonchev–Trinajstić information content (AvgIpc) is 3.12. The summed E-state index contributed by atoms with van der Waals surface area (Å²) in [6.45, 7) is 11.5. The van der Waals surface area contributed by atoms with Gasteiger partial charge in [-0.05, 0) is 19.3 Å². The van der Waals surface area contributed by atoms with E-state index in [0.29, 0.717) is 19.4 Å². The summed E-state index contributed by atoms with van der Waals surface area (Å²) in [5, 5.41) is 21.0. The predicted molar refractivity (Wildman–Crippen MR) is 199 cm³/mol. The summed E-state index contributed by atoms with van der Waals surface area (Å²) in [7, 11) is 0. The number of hydrogen-bond donors (Lipinski definition) is 2. The van der Waals surface area contributed by atoms with Gasteiger partial charge in [-0.1, -0.05) is 148 Å². The molecule has 0 aliphatic carbocycles. The molecule has 1 rings (SSSR count). The van der Waals surface area contributed by atoms with Crippen molar-refractivity contribution in [2.75, 3.05) is 33.0 Å². The molecule has 0 saturated carbocycles. The molecule has 1 aliphatic rings. The third kappa shape index (κ3) is 23.2. The van der Waals surface area contributed by atoms with E-state index in [9.17, 15) is 19.8 Å². The largest absolute Gasteiger partial charge is 0.509 e. The minimum absolute atomic E-state index is 0.0480. The predicted octanol–water partition coefficient (Wildman–Crippen LogP) is 9.11. The molecule has 298 valence electrons. The van der Waals surface area contributed by atoms with Gasteiger partial charge in [-0.25, -0.2) is 9.59 Å². The number of carbonyl (C=O) groups excluding carboxylic acids is 2. The molecule has 0 bridgehead atoms. The first-order valence-corrected chi connectivity index (χ1v) is 20.0. The first-order valence-electron chi connectivity index (χ1n) is 20.0. The number of hydrogen-bond acceptors (Lipinski definition) is 11. The Hall–Kier alpha value is -2.18. The van der Waals surface area contributed by atoms with E-state index in [4.69, 9.17) is 33.2 Å². The third-order valence-corrected chi connectivity index (χ3v) is 9.11. The lowest BCUT2D eigenvalue weighted by Crippen LogP contribution is -2.61. The SMILES string of the molecule is C=CCOC(=O)O[C@@H](CCCCCCCCCCC)CCO[C@@H]1[C@@H](OCCCCCCCCCCCC)[C@H](OC(=O)OCC=C)[C@@H](CO)O[C@@H]1O. The molecule has 6 atom stereocenters. The number of rotatable bonds is 33. The quantitative estimate of drug-likeness (QED) is 0.0380. The van der Waals surface area contributed by atoms with E-state index >= 15 is 0 Å². The van der Waals surface area contributed by atoms with Crippen LogP contribution in [-0.2, 0) is 33.2 Å². The summed E-state index contributed by atoms with van der Waals surface area (Å²) in [5.74, 6) is 0. The van der Waals surface area contributed by atoms with Crippen molar-refractivity contribution in [2.45, 2.75) is 185 Å². The standard InChI is InChI=1S/C40H72O11/c1-5-9-11-13-15-17-19-21-23-25-30-45-36-35(51-40(44)48-29-8-4)34(32-41)50-38(42)37(36)46-31-27-33(49-39(43)47-28-7-3)26-24-22-20-18-16-14-12-10-6-2/h7-8,33-38,41-42H,3-6,9-32H2,1-2H3/t33-,34+,35+,36-,37+,38-/m0/s1. The smallest absolute Gasteiger partial charge is 0.431 e. The van der Waals surface area contributed by atoms with E-state index < -0.39 is 55.7 Å². The van der Waals surface area contributed by atoms with Gasteiger partial charge in [0.05, 0.1) is 13.2 Å². The van der Waals surface area contributed by atoms with Crippen molar-refractivity contribution in [2.24, 2.45) is 0 Å². The Kier molecular flexibility index (Phi) is 29.8. The number of carbonyl (C=O) groups is 2. The van der Waals surface area contributed by atoms with E-state index in [2.05, 4.69) is 27.0 Å². The maximum absolute atomic E-state index is 12.5. The van der Waals surface area contributed by atoms with E-state index in [1.807, 2.05) is 0 Å². The summed E-state index contributed by atoms with van der Waals surface area (Å²) in [6.07, 6.45) is 18.2. The van der Waals surface area contributed by atoms with Crippen LogP contribution in [0.25, 0.3) is 0 Å². The average molecular weight is 729 g/mol. The zero-order valence-electron chi connectivity index (χ0n) is 32.0. The van der Waals surface area contributed by atoms with Crippen molar-refractivity contribution in [1.29, 1.82) is 0 Å². The van der Waals surface area contributed by atoms with Gasteiger partial charge < -0.3 is 43.4 Å².